The number of aromatic nitrogens is 2. The maximum absolute atomic E-state index is 13.3. The lowest BCUT2D eigenvalue weighted by Gasteiger charge is -2.33. The van der Waals surface area contributed by atoms with Crippen LogP contribution in [0.25, 0.3) is 22.2 Å². The van der Waals surface area contributed by atoms with Crippen LogP contribution in [0.1, 0.15) is 31.2 Å². The second kappa shape index (κ2) is 8.70. The highest BCUT2D eigenvalue weighted by Gasteiger charge is 2.32. The molecule has 0 radical (unpaired) electrons. The monoisotopic (exact) mass is 428 g/mol. The first-order chi connectivity index (χ1) is 15.7. The molecule has 0 saturated carbocycles. The second-order valence-corrected chi connectivity index (χ2v) is 7.85. The van der Waals surface area contributed by atoms with Crippen molar-refractivity contribution in [1.82, 2.24) is 15.0 Å². The van der Waals surface area contributed by atoms with Crippen LogP contribution in [0.15, 0.2) is 71.3 Å². The molecule has 1 aliphatic heterocycles. The highest BCUT2D eigenvalue weighted by molar-refractivity contribution is 6.01. The molecule has 2 heterocycles. The van der Waals surface area contributed by atoms with Gasteiger partial charge in [-0.25, -0.2) is 4.79 Å². The van der Waals surface area contributed by atoms with Gasteiger partial charge < -0.3 is 19.5 Å². The number of hydrogen-bond donors (Lipinski definition) is 1. The third-order valence-corrected chi connectivity index (χ3v) is 5.85. The van der Waals surface area contributed by atoms with Gasteiger partial charge in [-0.15, -0.1) is 0 Å². The molecule has 1 N–H and O–H groups in total. The summed E-state index contributed by atoms with van der Waals surface area (Å²) in [6, 6.07) is 21.0. The number of nitrogens with one attached hydrogen (secondary N) is 1. The van der Waals surface area contributed by atoms with E-state index in [1.54, 1.807) is 12.0 Å². The average molecular weight is 428 g/mol. The molecular formula is C25H24N4O3. The van der Waals surface area contributed by atoms with Crippen LogP contribution in [0.5, 0.6) is 5.75 Å². The number of amides is 2. The summed E-state index contributed by atoms with van der Waals surface area (Å²) in [7, 11) is 1.62. The molecule has 0 aliphatic carbocycles. The standard InChI is InChI=1S/C25H24N4O3/c1-31-19-11-6-10-18(16-19)23-27-24(32-28-23)22-14-4-5-15-29(22)25(30)26-21-13-7-9-17-8-2-3-12-20(17)21/h2-3,6-13,16,22H,4-5,14-15H2,1H3,(H,26,30). The van der Waals surface area contributed by atoms with Gasteiger partial charge in [-0.05, 0) is 42.8 Å². The van der Waals surface area contributed by atoms with E-state index in [1.807, 2.05) is 66.7 Å². The molecule has 4 aromatic rings. The van der Waals surface area contributed by atoms with E-state index in [4.69, 9.17) is 9.26 Å². The summed E-state index contributed by atoms with van der Waals surface area (Å²) in [6.07, 6.45) is 2.72. The topological polar surface area (TPSA) is 80.5 Å². The van der Waals surface area contributed by atoms with Crippen LogP contribution < -0.4 is 10.1 Å². The summed E-state index contributed by atoms with van der Waals surface area (Å²) >= 11 is 0. The number of carbonyl (C=O) groups is 1. The molecular weight excluding hydrogens is 404 g/mol. The number of ether oxygens (including phenoxy) is 1. The molecule has 1 atom stereocenters. The van der Waals surface area contributed by atoms with Gasteiger partial charge in [0.2, 0.25) is 11.7 Å². The number of carbonyl (C=O) groups excluding carboxylic acids is 1. The van der Waals surface area contributed by atoms with Crippen molar-refractivity contribution in [2.75, 3.05) is 19.0 Å². The Morgan fingerprint density at radius 3 is 2.84 bits per heavy atom. The Balaban J connectivity index is 1.39. The molecule has 162 valence electrons. The molecule has 0 spiro atoms. The molecule has 1 aliphatic rings. The van der Waals surface area contributed by atoms with Crippen LogP contribution in [0.2, 0.25) is 0 Å². The molecule has 3 aromatic carbocycles. The number of fused-ring (bicyclic) bond motifs is 1. The normalized spacial score (nSPS) is 16.2. The quantitative estimate of drug-likeness (QED) is 0.454. The highest BCUT2D eigenvalue weighted by Crippen LogP contribution is 2.33. The first-order valence-electron chi connectivity index (χ1n) is 10.8. The van der Waals surface area contributed by atoms with Crippen molar-refractivity contribution in [2.45, 2.75) is 25.3 Å². The lowest BCUT2D eigenvalue weighted by Crippen LogP contribution is -2.41. The third kappa shape index (κ3) is 3.89. The predicted molar refractivity (Wildman–Crippen MR) is 123 cm³/mol. The lowest BCUT2D eigenvalue weighted by molar-refractivity contribution is 0.142. The number of urea groups is 1. The number of piperidine rings is 1. The Bertz CT molecular complexity index is 1250. The van der Waals surface area contributed by atoms with Gasteiger partial charge in [0, 0.05) is 17.5 Å². The average Bonchev–Trinajstić information content (AvgIpc) is 3.35. The van der Waals surface area contributed by atoms with Gasteiger partial charge in [-0.2, -0.15) is 4.98 Å². The number of rotatable bonds is 4. The first-order valence-corrected chi connectivity index (χ1v) is 10.8. The second-order valence-electron chi connectivity index (χ2n) is 7.85. The van der Waals surface area contributed by atoms with E-state index >= 15 is 0 Å². The van der Waals surface area contributed by atoms with E-state index in [0.717, 1.165) is 47.0 Å². The molecule has 7 heteroatoms. The Labute approximate surface area is 186 Å². The van der Waals surface area contributed by atoms with E-state index in [2.05, 4.69) is 15.5 Å². The lowest BCUT2D eigenvalue weighted by atomic mass is 10.0. The van der Waals surface area contributed by atoms with E-state index in [0.29, 0.717) is 18.3 Å². The van der Waals surface area contributed by atoms with Crippen LogP contribution in [-0.2, 0) is 0 Å². The van der Waals surface area contributed by atoms with Crippen molar-refractivity contribution >= 4 is 22.5 Å². The molecule has 2 amide bonds. The summed E-state index contributed by atoms with van der Waals surface area (Å²) < 4.78 is 10.9. The molecule has 32 heavy (non-hydrogen) atoms. The highest BCUT2D eigenvalue weighted by atomic mass is 16.5. The number of hydrogen-bond acceptors (Lipinski definition) is 5. The molecule has 7 nitrogen and oxygen atoms in total. The number of anilines is 1. The minimum absolute atomic E-state index is 0.160. The van der Waals surface area contributed by atoms with Gasteiger partial charge in [0.05, 0.1) is 12.8 Å². The van der Waals surface area contributed by atoms with Crippen LogP contribution >= 0.6 is 0 Å². The summed E-state index contributed by atoms with van der Waals surface area (Å²) in [6.45, 7) is 0.637. The minimum atomic E-state index is -0.259. The zero-order chi connectivity index (χ0) is 21.9. The molecule has 1 saturated heterocycles. The largest absolute Gasteiger partial charge is 0.497 e. The molecule has 1 aromatic heterocycles. The number of likely N-dealkylation sites (tertiary alicyclic amines) is 1. The van der Waals surface area contributed by atoms with Gasteiger partial charge >= 0.3 is 6.03 Å². The maximum atomic E-state index is 13.3. The van der Waals surface area contributed by atoms with Gasteiger partial charge in [-0.3, -0.25) is 0 Å². The summed E-state index contributed by atoms with van der Waals surface area (Å²) in [5.41, 5.74) is 1.60. The Morgan fingerprint density at radius 1 is 1.09 bits per heavy atom. The van der Waals surface area contributed by atoms with Crippen molar-refractivity contribution in [1.29, 1.82) is 0 Å². The van der Waals surface area contributed by atoms with E-state index in [9.17, 15) is 4.79 Å². The van der Waals surface area contributed by atoms with E-state index in [-0.39, 0.29) is 12.1 Å². The fraction of sp³-hybridized carbons (Fsp3) is 0.240. The fourth-order valence-corrected chi connectivity index (χ4v) is 4.20. The smallest absolute Gasteiger partial charge is 0.322 e. The van der Waals surface area contributed by atoms with Crippen molar-refractivity contribution in [2.24, 2.45) is 0 Å². The molecule has 5 rings (SSSR count). The van der Waals surface area contributed by atoms with Crippen molar-refractivity contribution in [3.8, 4) is 17.1 Å². The van der Waals surface area contributed by atoms with Crippen molar-refractivity contribution < 1.29 is 14.1 Å². The van der Waals surface area contributed by atoms with Gasteiger partial charge in [0.1, 0.15) is 11.8 Å². The van der Waals surface area contributed by atoms with E-state index < -0.39 is 0 Å². The zero-order valence-electron chi connectivity index (χ0n) is 17.8. The minimum Gasteiger partial charge on any atom is -0.497 e. The van der Waals surface area contributed by atoms with Crippen LogP contribution in [0.3, 0.4) is 0 Å². The van der Waals surface area contributed by atoms with Crippen molar-refractivity contribution in [3.05, 3.63) is 72.6 Å². The van der Waals surface area contributed by atoms with Gasteiger partial charge in [-0.1, -0.05) is 53.7 Å². The summed E-state index contributed by atoms with van der Waals surface area (Å²) in [5, 5.41) is 9.34. The third-order valence-electron chi connectivity index (χ3n) is 5.85. The maximum Gasteiger partial charge on any atom is 0.322 e. The molecule has 1 unspecified atom stereocenters. The number of methoxy groups -OCH3 is 1. The molecule has 1 fully saturated rings. The SMILES string of the molecule is COc1cccc(-c2noc(C3CCCCN3C(=O)Nc3cccc4ccccc34)n2)c1. The predicted octanol–water partition coefficient (Wildman–Crippen LogP) is 5.66. The Hall–Kier alpha value is -3.87. The Morgan fingerprint density at radius 2 is 1.94 bits per heavy atom. The molecule has 0 bridgehead atoms. The fourth-order valence-electron chi connectivity index (χ4n) is 4.20. The number of nitrogens with zero attached hydrogens (tertiary/aromatic N) is 3. The van der Waals surface area contributed by atoms with Gasteiger partial charge in [0.15, 0.2) is 0 Å². The van der Waals surface area contributed by atoms with Crippen LogP contribution in [0, 0.1) is 0 Å². The van der Waals surface area contributed by atoms with Gasteiger partial charge in [0.25, 0.3) is 0 Å². The zero-order valence-corrected chi connectivity index (χ0v) is 17.8. The number of benzene rings is 3. The van der Waals surface area contributed by atoms with E-state index in [1.165, 1.54) is 0 Å². The van der Waals surface area contributed by atoms with Crippen LogP contribution in [0.4, 0.5) is 10.5 Å². The summed E-state index contributed by atoms with van der Waals surface area (Å²) in [5.74, 6) is 1.66. The Kier molecular flexibility index (Phi) is 5.46. The summed E-state index contributed by atoms with van der Waals surface area (Å²) in [4.78, 5) is 19.7. The van der Waals surface area contributed by atoms with Crippen LogP contribution in [-0.4, -0.2) is 34.7 Å². The van der Waals surface area contributed by atoms with Crippen molar-refractivity contribution in [3.63, 3.8) is 0 Å². The first kappa shape index (κ1) is 20.1.